The minimum Gasteiger partial charge on any atom is -0.495 e. The number of hydrogen-bond acceptors (Lipinski definition) is 4. The number of methoxy groups -OCH3 is 1. The maximum Gasteiger partial charge on any atom is 0.306 e. The molecule has 5 nitrogen and oxygen atoms in total. The van der Waals surface area contributed by atoms with E-state index in [0.29, 0.717) is 29.9 Å². The van der Waals surface area contributed by atoms with Crippen LogP contribution in [0.1, 0.15) is 65.2 Å². The number of fused-ring (bicyclic) bond motifs is 5. The van der Waals surface area contributed by atoms with Crippen molar-refractivity contribution in [1.82, 2.24) is 0 Å². The summed E-state index contributed by atoms with van der Waals surface area (Å²) in [4.78, 5) is 25.3. The van der Waals surface area contributed by atoms with Gasteiger partial charge >= 0.3 is 5.97 Å². The van der Waals surface area contributed by atoms with Gasteiger partial charge in [0, 0.05) is 17.8 Å². The molecule has 0 spiro atoms. The van der Waals surface area contributed by atoms with Gasteiger partial charge in [0.05, 0.1) is 12.8 Å². The third-order valence-electron chi connectivity index (χ3n) is 9.60. The van der Waals surface area contributed by atoms with Crippen molar-refractivity contribution in [2.45, 2.75) is 71.3 Å². The number of nitrogens with one attached hydrogen (secondary N) is 1. The van der Waals surface area contributed by atoms with E-state index in [1.807, 2.05) is 24.3 Å². The van der Waals surface area contributed by atoms with Crippen LogP contribution in [0.15, 0.2) is 24.3 Å². The van der Waals surface area contributed by atoms with Gasteiger partial charge in [-0.25, -0.2) is 0 Å². The number of amides is 1. The highest BCUT2D eigenvalue weighted by atomic mass is 16.5. The predicted molar refractivity (Wildman–Crippen MR) is 119 cm³/mol. The van der Waals surface area contributed by atoms with Crippen LogP contribution in [-0.4, -0.2) is 25.1 Å². The average Bonchev–Trinajstić information content (AvgIpc) is 3.12. The summed E-state index contributed by atoms with van der Waals surface area (Å²) >= 11 is 0. The topological polar surface area (TPSA) is 64.6 Å². The molecule has 3 unspecified atom stereocenters. The highest BCUT2D eigenvalue weighted by molar-refractivity contribution is 5.94. The zero-order valence-corrected chi connectivity index (χ0v) is 19.0. The molecule has 1 amide bonds. The lowest BCUT2D eigenvalue weighted by Crippen LogP contribution is -2.56. The fourth-order valence-corrected chi connectivity index (χ4v) is 7.95. The minimum atomic E-state index is -0.0180. The van der Waals surface area contributed by atoms with E-state index in [9.17, 15) is 9.59 Å². The number of carbonyl (C=O) groups excluding carboxylic acids is 2. The zero-order chi connectivity index (χ0) is 21.8. The Hall–Kier alpha value is -2.04. The van der Waals surface area contributed by atoms with Gasteiger partial charge < -0.3 is 14.8 Å². The molecular weight excluding hydrogens is 390 g/mol. The Morgan fingerprint density at radius 3 is 2.61 bits per heavy atom. The molecule has 0 bridgehead atoms. The van der Waals surface area contributed by atoms with Gasteiger partial charge in [0.25, 0.3) is 0 Å². The first-order chi connectivity index (χ1) is 14.9. The molecule has 168 valence electrons. The number of hydrogen-bond donors (Lipinski definition) is 1. The summed E-state index contributed by atoms with van der Waals surface area (Å²) in [6.07, 6.45) is 8.02. The first kappa shape index (κ1) is 20.8. The second kappa shape index (κ2) is 7.53. The second-order valence-corrected chi connectivity index (χ2v) is 10.8. The Kier molecular flexibility index (Phi) is 5.06. The molecule has 7 atom stereocenters. The number of esters is 1. The van der Waals surface area contributed by atoms with Gasteiger partial charge in [0.1, 0.15) is 11.9 Å². The van der Waals surface area contributed by atoms with Crippen LogP contribution in [0.25, 0.3) is 0 Å². The summed E-state index contributed by atoms with van der Waals surface area (Å²) < 4.78 is 11.2. The SMILES string of the molecule is COc1ccccc1NC(=O)[C@H]1CCC2C3CC[C@@H]4OC(=O)CC[C@]4(C)C3CC[C@@]21C. The normalized spacial score (nSPS) is 41.4. The van der Waals surface area contributed by atoms with Gasteiger partial charge in [-0.2, -0.15) is 0 Å². The molecule has 1 aromatic rings. The largest absolute Gasteiger partial charge is 0.495 e. The van der Waals surface area contributed by atoms with Gasteiger partial charge in [-0.1, -0.05) is 26.0 Å². The molecule has 5 rings (SSSR count). The summed E-state index contributed by atoms with van der Waals surface area (Å²) in [6, 6.07) is 7.64. The Labute approximate surface area is 185 Å². The molecule has 1 saturated heterocycles. The number of rotatable bonds is 3. The lowest BCUT2D eigenvalue weighted by Gasteiger charge is -2.59. The molecule has 1 heterocycles. The first-order valence-corrected chi connectivity index (χ1v) is 12.0. The molecule has 1 N–H and O–H groups in total. The molecule has 1 aliphatic heterocycles. The number of benzene rings is 1. The maximum atomic E-state index is 13.4. The summed E-state index contributed by atoms with van der Waals surface area (Å²) in [7, 11) is 1.64. The third kappa shape index (κ3) is 3.18. The predicted octanol–water partition coefficient (Wildman–Crippen LogP) is 5.20. The number of carbonyl (C=O) groups is 2. The van der Waals surface area contributed by atoms with Crippen LogP contribution in [0.3, 0.4) is 0 Å². The molecule has 4 fully saturated rings. The van der Waals surface area contributed by atoms with Crippen molar-refractivity contribution in [1.29, 1.82) is 0 Å². The number of ether oxygens (including phenoxy) is 2. The van der Waals surface area contributed by atoms with Crippen molar-refractivity contribution in [3.8, 4) is 5.75 Å². The molecule has 5 heteroatoms. The third-order valence-corrected chi connectivity index (χ3v) is 9.60. The lowest BCUT2D eigenvalue weighted by molar-refractivity contribution is -0.192. The Balaban J connectivity index is 1.35. The van der Waals surface area contributed by atoms with Crippen molar-refractivity contribution in [2.24, 2.45) is 34.5 Å². The molecule has 3 saturated carbocycles. The van der Waals surface area contributed by atoms with E-state index < -0.39 is 0 Å². The van der Waals surface area contributed by atoms with E-state index in [1.54, 1.807) is 7.11 Å². The van der Waals surface area contributed by atoms with Crippen LogP contribution in [-0.2, 0) is 14.3 Å². The number of para-hydroxylation sites is 2. The van der Waals surface area contributed by atoms with Crippen molar-refractivity contribution in [3.05, 3.63) is 24.3 Å². The zero-order valence-electron chi connectivity index (χ0n) is 19.0. The van der Waals surface area contributed by atoms with Gasteiger partial charge in [0.15, 0.2) is 0 Å². The average molecular weight is 426 g/mol. The monoisotopic (exact) mass is 425 g/mol. The van der Waals surface area contributed by atoms with Crippen molar-refractivity contribution >= 4 is 17.6 Å². The summed E-state index contributed by atoms with van der Waals surface area (Å²) in [5.74, 6) is 2.69. The van der Waals surface area contributed by atoms with Crippen LogP contribution in [0.5, 0.6) is 5.75 Å². The Morgan fingerprint density at radius 1 is 1.03 bits per heavy atom. The summed E-state index contributed by atoms with van der Waals surface area (Å²) in [6.45, 7) is 4.73. The molecule has 4 aliphatic rings. The highest BCUT2D eigenvalue weighted by Gasteiger charge is 2.62. The van der Waals surface area contributed by atoms with E-state index in [-0.39, 0.29) is 34.7 Å². The summed E-state index contributed by atoms with van der Waals surface area (Å²) in [5, 5.41) is 3.17. The van der Waals surface area contributed by atoms with E-state index >= 15 is 0 Å². The molecular formula is C26H35NO4. The fourth-order valence-electron chi connectivity index (χ4n) is 7.95. The van der Waals surface area contributed by atoms with Crippen LogP contribution < -0.4 is 10.1 Å². The molecule has 3 aliphatic carbocycles. The van der Waals surface area contributed by atoms with Crippen molar-refractivity contribution < 1.29 is 19.1 Å². The molecule has 0 aromatic heterocycles. The minimum absolute atomic E-state index is 0.0180. The smallest absolute Gasteiger partial charge is 0.306 e. The van der Waals surface area contributed by atoms with Crippen LogP contribution in [0.4, 0.5) is 5.69 Å². The lowest BCUT2D eigenvalue weighted by atomic mass is 9.47. The van der Waals surface area contributed by atoms with Gasteiger partial charge in [-0.05, 0) is 80.2 Å². The Morgan fingerprint density at radius 2 is 1.81 bits per heavy atom. The van der Waals surface area contributed by atoms with Crippen molar-refractivity contribution in [2.75, 3.05) is 12.4 Å². The summed E-state index contributed by atoms with van der Waals surface area (Å²) in [5.41, 5.74) is 0.908. The van der Waals surface area contributed by atoms with Gasteiger partial charge in [-0.3, -0.25) is 9.59 Å². The molecule has 31 heavy (non-hydrogen) atoms. The maximum absolute atomic E-state index is 13.4. The van der Waals surface area contributed by atoms with Gasteiger partial charge in [-0.15, -0.1) is 0 Å². The standard InChI is InChI=1S/C26H35NO4/c1-25-14-12-18-16(8-11-22-26(18,2)15-13-23(28)31-22)17(25)9-10-19(25)24(29)27-20-6-4-5-7-21(20)30-3/h4-7,16-19,22H,8-15H2,1-3H3,(H,27,29)/t16?,17?,18?,19-,22+,25+,26-/m1/s1. The van der Waals surface area contributed by atoms with Crippen LogP contribution >= 0.6 is 0 Å². The van der Waals surface area contributed by atoms with Gasteiger partial charge in [0.2, 0.25) is 5.91 Å². The van der Waals surface area contributed by atoms with E-state index in [4.69, 9.17) is 9.47 Å². The van der Waals surface area contributed by atoms with Crippen molar-refractivity contribution in [3.63, 3.8) is 0 Å². The quantitative estimate of drug-likeness (QED) is 0.676. The molecule has 1 aromatic carbocycles. The van der Waals surface area contributed by atoms with Crippen LogP contribution in [0, 0.1) is 34.5 Å². The van der Waals surface area contributed by atoms with E-state index in [1.165, 1.54) is 0 Å². The number of anilines is 1. The van der Waals surface area contributed by atoms with Crippen LogP contribution in [0.2, 0.25) is 0 Å². The molecule has 0 radical (unpaired) electrons. The van der Waals surface area contributed by atoms with E-state index in [2.05, 4.69) is 19.2 Å². The van der Waals surface area contributed by atoms with E-state index in [0.717, 1.165) is 50.6 Å². The highest BCUT2D eigenvalue weighted by Crippen LogP contribution is 2.66. The first-order valence-electron chi connectivity index (χ1n) is 12.0. The fraction of sp³-hybridized carbons (Fsp3) is 0.692. The Bertz CT molecular complexity index is 884. The second-order valence-electron chi connectivity index (χ2n) is 10.8.